The second kappa shape index (κ2) is 5.38. The second-order valence-electron chi connectivity index (χ2n) is 5.78. The third-order valence-electron chi connectivity index (χ3n) is 3.01. The number of nitrogens with zero attached hydrogens (tertiary/aromatic N) is 4. The van der Waals surface area contributed by atoms with E-state index in [0.717, 1.165) is 23.1 Å². The zero-order valence-corrected chi connectivity index (χ0v) is 13.0. The van der Waals surface area contributed by atoms with Crippen molar-refractivity contribution in [2.24, 2.45) is 7.05 Å². The Bertz CT molecular complexity index is 537. The molecule has 0 aliphatic heterocycles. The van der Waals surface area contributed by atoms with Crippen molar-refractivity contribution in [3.8, 4) is 0 Å². The number of aromatic nitrogens is 4. The van der Waals surface area contributed by atoms with Gasteiger partial charge in [0.1, 0.15) is 17.2 Å². The van der Waals surface area contributed by atoms with E-state index in [1.165, 1.54) is 0 Å². The van der Waals surface area contributed by atoms with Gasteiger partial charge >= 0.3 is 0 Å². The van der Waals surface area contributed by atoms with Gasteiger partial charge in [0.15, 0.2) is 0 Å². The van der Waals surface area contributed by atoms with Crippen molar-refractivity contribution in [2.45, 2.75) is 45.7 Å². The van der Waals surface area contributed by atoms with E-state index in [9.17, 15) is 0 Å². The number of hydrogen-bond donors (Lipinski definition) is 1. The van der Waals surface area contributed by atoms with Gasteiger partial charge in [-0.2, -0.15) is 0 Å². The van der Waals surface area contributed by atoms with Crippen LogP contribution in [-0.4, -0.2) is 19.7 Å². The number of aryl methyl sites for hydroxylation is 1. The highest BCUT2D eigenvalue weighted by Gasteiger charge is 2.18. The summed E-state index contributed by atoms with van der Waals surface area (Å²) >= 11 is 1.70. The SMILES string of the molecule is CC(NCc1nc(C(C)(C)C)cs1)c1nncn1C. The molecule has 0 saturated heterocycles. The fraction of sp³-hybridized carbons (Fsp3) is 0.615. The number of nitrogens with one attached hydrogen (secondary N) is 1. The van der Waals surface area contributed by atoms with Gasteiger partial charge in [-0.15, -0.1) is 21.5 Å². The summed E-state index contributed by atoms with van der Waals surface area (Å²) in [5, 5.41) is 14.7. The Morgan fingerprint density at radius 3 is 2.68 bits per heavy atom. The minimum Gasteiger partial charge on any atom is -0.319 e. The summed E-state index contributed by atoms with van der Waals surface area (Å²) in [5.41, 5.74) is 1.27. The van der Waals surface area contributed by atoms with Crippen LogP contribution in [0, 0.1) is 0 Å². The van der Waals surface area contributed by atoms with Crippen molar-refractivity contribution in [3.63, 3.8) is 0 Å². The Morgan fingerprint density at radius 2 is 2.16 bits per heavy atom. The van der Waals surface area contributed by atoms with Crippen LogP contribution in [0.3, 0.4) is 0 Å². The molecule has 0 amide bonds. The smallest absolute Gasteiger partial charge is 0.149 e. The first-order valence-electron chi connectivity index (χ1n) is 6.40. The molecule has 0 bridgehead atoms. The molecule has 0 aliphatic carbocycles. The molecule has 0 fully saturated rings. The molecule has 5 nitrogen and oxygen atoms in total. The van der Waals surface area contributed by atoms with Gasteiger partial charge in [0, 0.05) is 24.4 Å². The molecule has 0 saturated carbocycles. The summed E-state index contributed by atoms with van der Waals surface area (Å²) in [6.07, 6.45) is 1.72. The monoisotopic (exact) mass is 279 g/mol. The molecule has 0 spiro atoms. The third-order valence-corrected chi connectivity index (χ3v) is 3.86. The van der Waals surface area contributed by atoms with Crippen LogP contribution in [-0.2, 0) is 19.0 Å². The molecule has 1 atom stereocenters. The zero-order valence-electron chi connectivity index (χ0n) is 12.1. The molecule has 104 valence electrons. The van der Waals surface area contributed by atoms with E-state index in [1.807, 2.05) is 11.6 Å². The molecule has 2 aromatic rings. The van der Waals surface area contributed by atoms with Crippen LogP contribution < -0.4 is 5.32 Å². The summed E-state index contributed by atoms with van der Waals surface area (Å²) in [6, 6.07) is 0.162. The van der Waals surface area contributed by atoms with Gasteiger partial charge in [0.2, 0.25) is 0 Å². The lowest BCUT2D eigenvalue weighted by atomic mass is 9.93. The van der Waals surface area contributed by atoms with Crippen LogP contribution in [0.5, 0.6) is 0 Å². The Hall–Kier alpha value is -1.27. The Kier molecular flexibility index (Phi) is 4.01. The van der Waals surface area contributed by atoms with E-state index < -0.39 is 0 Å². The van der Waals surface area contributed by atoms with E-state index in [1.54, 1.807) is 17.7 Å². The van der Waals surface area contributed by atoms with Crippen molar-refractivity contribution in [1.82, 2.24) is 25.1 Å². The summed E-state index contributed by atoms with van der Waals surface area (Å²) in [7, 11) is 1.95. The zero-order chi connectivity index (χ0) is 14.0. The van der Waals surface area contributed by atoms with Gasteiger partial charge in [-0.05, 0) is 6.92 Å². The molecular weight excluding hydrogens is 258 g/mol. The minimum atomic E-state index is 0.115. The predicted octanol–water partition coefficient (Wildman–Crippen LogP) is 2.42. The van der Waals surface area contributed by atoms with Gasteiger partial charge in [-0.3, -0.25) is 0 Å². The van der Waals surface area contributed by atoms with Gasteiger partial charge in [0.25, 0.3) is 0 Å². The van der Waals surface area contributed by atoms with Crippen LogP contribution in [0.2, 0.25) is 0 Å². The van der Waals surface area contributed by atoms with Crippen LogP contribution in [0.1, 0.15) is 50.3 Å². The largest absolute Gasteiger partial charge is 0.319 e. The molecule has 0 aliphatic rings. The lowest BCUT2D eigenvalue weighted by Gasteiger charge is -2.14. The van der Waals surface area contributed by atoms with E-state index in [2.05, 4.69) is 53.6 Å². The third kappa shape index (κ3) is 3.39. The molecule has 6 heteroatoms. The maximum absolute atomic E-state index is 4.67. The average Bonchev–Trinajstić information content (AvgIpc) is 2.93. The normalized spacial score (nSPS) is 13.7. The molecule has 1 N–H and O–H groups in total. The van der Waals surface area contributed by atoms with E-state index in [0.29, 0.717) is 0 Å². The first-order valence-corrected chi connectivity index (χ1v) is 7.28. The van der Waals surface area contributed by atoms with Gasteiger partial charge in [0.05, 0.1) is 11.7 Å². The molecular formula is C13H21N5S. The highest BCUT2D eigenvalue weighted by molar-refractivity contribution is 7.09. The van der Waals surface area contributed by atoms with E-state index in [4.69, 9.17) is 0 Å². The van der Waals surface area contributed by atoms with Crippen molar-refractivity contribution < 1.29 is 0 Å². The van der Waals surface area contributed by atoms with Gasteiger partial charge < -0.3 is 9.88 Å². The predicted molar refractivity (Wildman–Crippen MR) is 77.1 cm³/mol. The maximum Gasteiger partial charge on any atom is 0.149 e. The molecule has 0 radical (unpaired) electrons. The Balaban J connectivity index is 1.96. The topological polar surface area (TPSA) is 55.6 Å². The highest BCUT2D eigenvalue weighted by atomic mass is 32.1. The van der Waals surface area contributed by atoms with Crippen molar-refractivity contribution in [3.05, 3.63) is 28.2 Å². The van der Waals surface area contributed by atoms with E-state index in [-0.39, 0.29) is 11.5 Å². The molecule has 2 aromatic heterocycles. The molecule has 2 heterocycles. The van der Waals surface area contributed by atoms with Crippen LogP contribution in [0.4, 0.5) is 0 Å². The lowest BCUT2D eigenvalue weighted by Crippen LogP contribution is -2.21. The fourth-order valence-electron chi connectivity index (χ4n) is 1.75. The highest BCUT2D eigenvalue weighted by Crippen LogP contribution is 2.24. The quantitative estimate of drug-likeness (QED) is 0.934. The number of rotatable bonds is 4. The van der Waals surface area contributed by atoms with Crippen LogP contribution in [0.15, 0.2) is 11.7 Å². The second-order valence-corrected chi connectivity index (χ2v) is 6.72. The first kappa shape index (κ1) is 14.1. The van der Waals surface area contributed by atoms with Crippen LogP contribution >= 0.6 is 11.3 Å². The van der Waals surface area contributed by atoms with Crippen molar-refractivity contribution in [2.75, 3.05) is 0 Å². The number of hydrogen-bond acceptors (Lipinski definition) is 5. The Labute approximate surface area is 118 Å². The van der Waals surface area contributed by atoms with Gasteiger partial charge in [-0.25, -0.2) is 4.98 Å². The number of thiazole rings is 1. The fourth-order valence-corrected chi connectivity index (χ4v) is 2.72. The summed E-state index contributed by atoms with van der Waals surface area (Å²) in [4.78, 5) is 4.67. The molecule has 0 aromatic carbocycles. The summed E-state index contributed by atoms with van der Waals surface area (Å²) < 4.78 is 1.93. The Morgan fingerprint density at radius 1 is 1.42 bits per heavy atom. The minimum absolute atomic E-state index is 0.115. The van der Waals surface area contributed by atoms with Crippen LogP contribution in [0.25, 0.3) is 0 Å². The van der Waals surface area contributed by atoms with Crippen molar-refractivity contribution in [1.29, 1.82) is 0 Å². The molecule has 2 rings (SSSR count). The lowest BCUT2D eigenvalue weighted by molar-refractivity contribution is 0.523. The van der Waals surface area contributed by atoms with Gasteiger partial charge in [-0.1, -0.05) is 20.8 Å². The van der Waals surface area contributed by atoms with E-state index >= 15 is 0 Å². The molecule has 19 heavy (non-hydrogen) atoms. The summed E-state index contributed by atoms with van der Waals surface area (Å²) in [5.74, 6) is 0.938. The summed E-state index contributed by atoms with van der Waals surface area (Å²) in [6.45, 7) is 9.39. The average molecular weight is 279 g/mol. The van der Waals surface area contributed by atoms with Crippen molar-refractivity contribution >= 4 is 11.3 Å². The first-order chi connectivity index (χ1) is 8.88. The maximum atomic E-state index is 4.67. The standard InChI is InChI=1S/C13H21N5S/c1-9(12-17-15-8-18(12)5)14-6-11-16-10(7-19-11)13(2,3)4/h7-9,14H,6H2,1-5H3. The molecule has 1 unspecified atom stereocenters.